The normalized spacial score (nSPS) is 19.7. The van der Waals surface area contributed by atoms with Crippen LogP contribution in [0.15, 0.2) is 72.8 Å². The second kappa shape index (κ2) is 12.5. The number of hydrogen-bond acceptors (Lipinski definition) is 1. The number of aryl methyl sites for hydroxylation is 2. The van der Waals surface area contributed by atoms with Crippen molar-refractivity contribution in [1.82, 2.24) is 0 Å². The summed E-state index contributed by atoms with van der Waals surface area (Å²) in [5.74, 6) is 1.67. The van der Waals surface area contributed by atoms with Gasteiger partial charge in [0.2, 0.25) is 0 Å². The summed E-state index contributed by atoms with van der Waals surface area (Å²) in [5, 5.41) is 0. The van der Waals surface area contributed by atoms with E-state index in [-0.39, 0.29) is 0 Å². The fraction of sp³-hybridized carbons (Fsp3) is 0.448. The van der Waals surface area contributed by atoms with Crippen molar-refractivity contribution in [1.29, 1.82) is 0 Å². The van der Waals surface area contributed by atoms with Crippen LogP contribution in [0.4, 0.5) is 0 Å². The van der Waals surface area contributed by atoms with Crippen molar-refractivity contribution < 1.29 is 4.74 Å². The van der Waals surface area contributed by atoms with E-state index in [2.05, 4.69) is 67.6 Å². The van der Waals surface area contributed by atoms with E-state index < -0.39 is 0 Å². The van der Waals surface area contributed by atoms with Crippen molar-refractivity contribution in [3.05, 3.63) is 95.1 Å². The van der Waals surface area contributed by atoms with Gasteiger partial charge in [-0.2, -0.15) is 0 Å². The standard InChI is InChI=1S/C29H38O/c1-3-5-7-24-14-18-28(19-15-24)29-20-16-26(17-21-29)9-8-25-10-12-27(13-11-25)23-30-22-6-4-2/h3-6,10-13,16-17,20-21,24,28H,7-9,14-15,18-19,22-23H2,1-2H3/t24-,28-. The first-order valence-corrected chi connectivity index (χ1v) is 11.7. The highest BCUT2D eigenvalue weighted by atomic mass is 16.5. The van der Waals surface area contributed by atoms with E-state index in [0.29, 0.717) is 13.2 Å². The number of rotatable bonds is 10. The number of ether oxygens (including phenoxy) is 1. The fourth-order valence-corrected chi connectivity index (χ4v) is 4.45. The molecule has 0 amide bonds. The van der Waals surface area contributed by atoms with Crippen molar-refractivity contribution in [3.63, 3.8) is 0 Å². The summed E-state index contributed by atoms with van der Waals surface area (Å²) in [7, 11) is 0. The highest BCUT2D eigenvalue weighted by molar-refractivity contribution is 5.28. The molecular weight excluding hydrogens is 364 g/mol. The summed E-state index contributed by atoms with van der Waals surface area (Å²) < 4.78 is 5.62. The van der Waals surface area contributed by atoms with E-state index in [9.17, 15) is 0 Å². The lowest BCUT2D eigenvalue weighted by molar-refractivity contribution is 0.148. The molecule has 0 saturated heterocycles. The Labute approximate surface area is 183 Å². The van der Waals surface area contributed by atoms with Crippen LogP contribution in [0, 0.1) is 5.92 Å². The van der Waals surface area contributed by atoms with Crippen molar-refractivity contribution in [2.45, 2.75) is 71.3 Å². The smallest absolute Gasteiger partial charge is 0.0721 e. The van der Waals surface area contributed by atoms with Crippen LogP contribution in [0.5, 0.6) is 0 Å². The molecule has 0 N–H and O–H groups in total. The minimum absolute atomic E-state index is 0.684. The molecule has 0 spiro atoms. The third-order valence-electron chi connectivity index (χ3n) is 6.45. The lowest BCUT2D eigenvalue weighted by atomic mass is 9.77. The Balaban J connectivity index is 1.42. The summed E-state index contributed by atoms with van der Waals surface area (Å²) in [6.45, 7) is 5.52. The molecule has 1 fully saturated rings. The number of benzene rings is 2. The summed E-state index contributed by atoms with van der Waals surface area (Å²) in [6, 6.07) is 18.4. The first-order chi connectivity index (χ1) is 14.8. The predicted molar refractivity (Wildman–Crippen MR) is 129 cm³/mol. The Morgan fingerprint density at radius 3 is 1.90 bits per heavy atom. The lowest BCUT2D eigenvalue weighted by Crippen LogP contribution is -2.12. The molecule has 2 aromatic carbocycles. The third kappa shape index (κ3) is 7.29. The Hall–Kier alpha value is -2.12. The minimum Gasteiger partial charge on any atom is -0.373 e. The van der Waals surface area contributed by atoms with E-state index in [1.807, 2.05) is 19.1 Å². The minimum atomic E-state index is 0.684. The van der Waals surface area contributed by atoms with Crippen molar-refractivity contribution in [3.8, 4) is 0 Å². The monoisotopic (exact) mass is 402 g/mol. The number of allylic oxidation sites excluding steroid dienone is 3. The van der Waals surface area contributed by atoms with Crippen molar-refractivity contribution in [2.24, 2.45) is 5.92 Å². The van der Waals surface area contributed by atoms with Crippen LogP contribution >= 0.6 is 0 Å². The van der Waals surface area contributed by atoms with Gasteiger partial charge in [0.05, 0.1) is 13.2 Å². The molecule has 1 aliphatic carbocycles. The van der Waals surface area contributed by atoms with Gasteiger partial charge in [-0.05, 0) is 92.9 Å². The molecular formula is C29H38O. The van der Waals surface area contributed by atoms with Gasteiger partial charge in [0, 0.05) is 0 Å². The van der Waals surface area contributed by atoms with Crippen LogP contribution < -0.4 is 0 Å². The molecule has 160 valence electrons. The van der Waals surface area contributed by atoms with Crippen molar-refractivity contribution >= 4 is 0 Å². The van der Waals surface area contributed by atoms with Gasteiger partial charge in [-0.3, -0.25) is 0 Å². The van der Waals surface area contributed by atoms with Crippen LogP contribution in [0.3, 0.4) is 0 Å². The average Bonchev–Trinajstić information content (AvgIpc) is 2.81. The van der Waals surface area contributed by atoms with Gasteiger partial charge in [-0.1, -0.05) is 72.8 Å². The maximum atomic E-state index is 5.62. The Morgan fingerprint density at radius 1 is 0.733 bits per heavy atom. The average molecular weight is 403 g/mol. The zero-order valence-corrected chi connectivity index (χ0v) is 18.9. The van der Waals surface area contributed by atoms with E-state index in [1.54, 1.807) is 5.56 Å². The van der Waals surface area contributed by atoms with E-state index in [1.165, 1.54) is 48.8 Å². The van der Waals surface area contributed by atoms with Gasteiger partial charge in [-0.25, -0.2) is 0 Å². The molecule has 0 radical (unpaired) electrons. The topological polar surface area (TPSA) is 9.23 Å². The molecule has 2 aromatic rings. The zero-order chi connectivity index (χ0) is 21.0. The third-order valence-corrected chi connectivity index (χ3v) is 6.45. The van der Waals surface area contributed by atoms with Gasteiger partial charge in [0.1, 0.15) is 0 Å². The molecule has 1 nitrogen and oxygen atoms in total. The van der Waals surface area contributed by atoms with E-state index in [0.717, 1.165) is 24.7 Å². The number of hydrogen-bond donors (Lipinski definition) is 0. The summed E-state index contributed by atoms with van der Waals surface area (Å²) in [4.78, 5) is 0. The summed E-state index contributed by atoms with van der Waals surface area (Å²) >= 11 is 0. The van der Waals surface area contributed by atoms with Crippen LogP contribution in [0.25, 0.3) is 0 Å². The summed E-state index contributed by atoms with van der Waals surface area (Å²) in [5.41, 5.74) is 5.63. The maximum absolute atomic E-state index is 5.62. The SMILES string of the molecule is CC=CCOCc1ccc(CCc2ccc([C@H]3CC[C@H](CC=CC)CC3)cc2)cc1. The van der Waals surface area contributed by atoms with Crippen LogP contribution in [-0.2, 0) is 24.2 Å². The molecule has 0 heterocycles. The van der Waals surface area contributed by atoms with Gasteiger partial charge in [0.15, 0.2) is 0 Å². The Kier molecular flexibility index (Phi) is 9.44. The van der Waals surface area contributed by atoms with Gasteiger partial charge in [-0.15, -0.1) is 0 Å². The largest absolute Gasteiger partial charge is 0.373 e. The second-order valence-electron chi connectivity index (χ2n) is 8.66. The predicted octanol–water partition coefficient (Wildman–Crippen LogP) is 7.80. The molecule has 0 aliphatic heterocycles. The van der Waals surface area contributed by atoms with E-state index >= 15 is 0 Å². The summed E-state index contributed by atoms with van der Waals surface area (Å²) in [6.07, 6.45) is 17.5. The quantitative estimate of drug-likeness (QED) is 0.291. The second-order valence-corrected chi connectivity index (χ2v) is 8.66. The molecule has 0 bridgehead atoms. The molecule has 3 rings (SSSR count). The lowest BCUT2D eigenvalue weighted by Gasteiger charge is -2.28. The Morgan fingerprint density at radius 2 is 1.30 bits per heavy atom. The van der Waals surface area contributed by atoms with Gasteiger partial charge < -0.3 is 4.74 Å². The highest BCUT2D eigenvalue weighted by Crippen LogP contribution is 2.37. The molecule has 1 aliphatic rings. The zero-order valence-electron chi connectivity index (χ0n) is 18.9. The van der Waals surface area contributed by atoms with E-state index in [4.69, 9.17) is 4.74 Å². The van der Waals surface area contributed by atoms with Crippen LogP contribution in [0.2, 0.25) is 0 Å². The molecule has 0 unspecified atom stereocenters. The van der Waals surface area contributed by atoms with Crippen LogP contribution in [0.1, 0.15) is 74.1 Å². The Bertz CT molecular complexity index is 774. The highest BCUT2D eigenvalue weighted by Gasteiger charge is 2.21. The molecule has 0 atom stereocenters. The molecule has 1 heteroatoms. The first-order valence-electron chi connectivity index (χ1n) is 11.7. The molecule has 30 heavy (non-hydrogen) atoms. The fourth-order valence-electron chi connectivity index (χ4n) is 4.45. The van der Waals surface area contributed by atoms with Crippen molar-refractivity contribution in [2.75, 3.05) is 6.61 Å². The first kappa shape index (κ1) is 22.6. The van der Waals surface area contributed by atoms with Crippen LogP contribution in [-0.4, -0.2) is 6.61 Å². The molecule has 1 saturated carbocycles. The van der Waals surface area contributed by atoms with Gasteiger partial charge >= 0.3 is 0 Å². The molecule has 0 aromatic heterocycles. The maximum Gasteiger partial charge on any atom is 0.0721 e. The van der Waals surface area contributed by atoms with Gasteiger partial charge in [0.25, 0.3) is 0 Å².